The Morgan fingerprint density at radius 3 is 1.94 bits per heavy atom. The van der Waals surface area contributed by atoms with Gasteiger partial charge in [-0.05, 0) is 130 Å². The smallest absolute Gasteiger partial charge is 0.407 e. The first-order chi connectivity index (χ1) is 32.9. The van der Waals surface area contributed by atoms with Gasteiger partial charge < -0.3 is 26.0 Å². The van der Waals surface area contributed by atoms with Crippen LogP contribution >= 0.6 is 0 Å². The zero-order valence-electron chi connectivity index (χ0n) is 45.6. The quantitative estimate of drug-likeness (QED) is 0.0424. The van der Waals surface area contributed by atoms with Crippen LogP contribution in [0.3, 0.4) is 0 Å². The number of fused-ring (bicyclic) bond motifs is 5. The van der Waals surface area contributed by atoms with Gasteiger partial charge in [0.2, 0.25) is 11.8 Å². The highest BCUT2D eigenvalue weighted by atomic mass is 16.6. The molecule has 394 valence electrons. The number of nitrogens with one attached hydrogen (secondary N) is 2. The van der Waals surface area contributed by atoms with Gasteiger partial charge in [-0.3, -0.25) is 9.59 Å². The van der Waals surface area contributed by atoms with E-state index in [0.29, 0.717) is 38.0 Å². The van der Waals surface area contributed by atoms with E-state index in [1.54, 1.807) is 10.5 Å². The highest BCUT2D eigenvalue weighted by Crippen LogP contribution is 2.67. The first kappa shape index (κ1) is 58.5. The second-order valence-electron chi connectivity index (χ2n) is 24.0. The average molecular weight is 952 g/mol. The third-order valence-electron chi connectivity index (χ3n) is 18.3. The molecule has 4 rings (SSSR count). The molecule has 8 heteroatoms. The monoisotopic (exact) mass is 951 g/mol. The molecule has 4 aliphatic rings. The molecule has 68 heavy (non-hydrogen) atoms. The molecule has 4 N–H and O–H groups in total. The fourth-order valence-corrected chi connectivity index (χ4v) is 14.1. The van der Waals surface area contributed by atoms with Gasteiger partial charge in [0.1, 0.15) is 6.10 Å². The van der Waals surface area contributed by atoms with Crippen LogP contribution in [0.1, 0.15) is 266 Å². The summed E-state index contributed by atoms with van der Waals surface area (Å²) >= 11 is 0. The molecule has 0 radical (unpaired) electrons. The van der Waals surface area contributed by atoms with Crippen molar-refractivity contribution in [1.29, 1.82) is 0 Å². The molecule has 0 bridgehead atoms. The van der Waals surface area contributed by atoms with Gasteiger partial charge in [0.05, 0.1) is 6.54 Å². The molecular weight excluding hydrogens is 841 g/mol. The van der Waals surface area contributed by atoms with E-state index in [-0.39, 0.29) is 36.0 Å². The molecule has 3 fully saturated rings. The number of carbonyl (C=O) groups excluding carboxylic acids is 3. The number of alkyl carbamates (subject to hydrolysis) is 1. The number of rotatable bonds is 37. The molecule has 0 aliphatic heterocycles. The van der Waals surface area contributed by atoms with Crippen LogP contribution in [0.15, 0.2) is 11.6 Å². The Morgan fingerprint density at radius 1 is 0.691 bits per heavy atom. The van der Waals surface area contributed by atoms with E-state index in [2.05, 4.69) is 58.3 Å². The number of amides is 3. The van der Waals surface area contributed by atoms with Crippen LogP contribution in [0.5, 0.6) is 0 Å². The van der Waals surface area contributed by atoms with Gasteiger partial charge >= 0.3 is 6.09 Å². The predicted octanol–water partition coefficient (Wildman–Crippen LogP) is 15.4. The Hall–Kier alpha value is -2.09. The standard InChI is InChI=1S/C60H110N4O4/c1-7-8-9-10-11-12-13-14-15-16-17-18-19-20-25-33-57(66)64(47-56(65)62-43-27-22-21-26-42-61)45-29-24-23-28-44-63-58(67)68-51-38-40-59(5)50(46-51)34-35-52-54-37-36-53(49(4)32-30-31-48(2)3)60(54,6)41-39-55(52)59/h34,48-49,51-55H,7-33,35-47,61H2,1-6H3,(H,62,65)(H,63,67)/t49-,51+,52+,53-,54+,55+,59+,60-/m1/s1. The van der Waals surface area contributed by atoms with Crippen molar-refractivity contribution < 1.29 is 19.1 Å². The summed E-state index contributed by atoms with van der Waals surface area (Å²) in [5.74, 6) is 5.04. The summed E-state index contributed by atoms with van der Waals surface area (Å²) in [6.45, 7) is 17.5. The van der Waals surface area contributed by atoms with Crippen LogP contribution in [0.2, 0.25) is 0 Å². The highest BCUT2D eigenvalue weighted by Gasteiger charge is 2.59. The average Bonchev–Trinajstić information content (AvgIpc) is 3.68. The van der Waals surface area contributed by atoms with Gasteiger partial charge in [-0.2, -0.15) is 0 Å². The highest BCUT2D eigenvalue weighted by molar-refractivity contribution is 5.84. The molecule has 0 unspecified atom stereocenters. The third kappa shape index (κ3) is 19.8. The first-order valence-corrected chi connectivity index (χ1v) is 29.8. The zero-order chi connectivity index (χ0) is 49.0. The summed E-state index contributed by atoms with van der Waals surface area (Å²) in [5.41, 5.74) is 7.96. The van der Waals surface area contributed by atoms with Gasteiger partial charge in [0.25, 0.3) is 0 Å². The lowest BCUT2D eigenvalue weighted by atomic mass is 9.47. The largest absolute Gasteiger partial charge is 0.446 e. The van der Waals surface area contributed by atoms with Crippen molar-refractivity contribution in [3.05, 3.63) is 11.6 Å². The number of allylic oxidation sites excluding steroid dienone is 1. The Balaban J connectivity index is 1.10. The lowest BCUT2D eigenvalue weighted by Gasteiger charge is -2.58. The molecule has 4 aliphatic carbocycles. The minimum Gasteiger partial charge on any atom is -0.446 e. The maximum atomic E-state index is 13.4. The van der Waals surface area contributed by atoms with Gasteiger partial charge in [0.15, 0.2) is 0 Å². The summed E-state index contributed by atoms with van der Waals surface area (Å²) < 4.78 is 6.08. The van der Waals surface area contributed by atoms with Crippen molar-refractivity contribution in [2.75, 3.05) is 32.7 Å². The second kappa shape index (κ2) is 32.8. The van der Waals surface area contributed by atoms with Crippen molar-refractivity contribution in [1.82, 2.24) is 15.5 Å². The minimum absolute atomic E-state index is 0.0338. The molecule has 0 aromatic rings. The summed E-state index contributed by atoms with van der Waals surface area (Å²) in [4.78, 5) is 41.2. The van der Waals surface area contributed by atoms with E-state index in [9.17, 15) is 14.4 Å². The maximum absolute atomic E-state index is 13.4. The van der Waals surface area contributed by atoms with Crippen LogP contribution in [0.4, 0.5) is 4.79 Å². The SMILES string of the molecule is CCCCCCCCCCCCCCCCCC(=O)N(CCCCCCNC(=O)O[C@H]1CC[C@@]2(C)C(=CC[C@H]3[C@@H]4CC[C@H]([C@H](C)CCCC(C)C)[C@@]4(C)CC[C@@H]32)C1)CC(=O)NCCCCCCN. The number of nitrogens with two attached hydrogens (primary N) is 1. The van der Waals surface area contributed by atoms with Crippen LogP contribution in [-0.2, 0) is 14.3 Å². The number of hydrogen-bond acceptors (Lipinski definition) is 5. The lowest BCUT2D eigenvalue weighted by Crippen LogP contribution is -2.51. The number of carbonyl (C=O) groups is 3. The maximum Gasteiger partial charge on any atom is 0.407 e. The molecule has 8 nitrogen and oxygen atoms in total. The molecule has 3 saturated carbocycles. The van der Waals surface area contributed by atoms with E-state index < -0.39 is 0 Å². The second-order valence-corrected chi connectivity index (χ2v) is 24.0. The van der Waals surface area contributed by atoms with Crippen molar-refractivity contribution in [2.45, 2.75) is 272 Å². The van der Waals surface area contributed by atoms with Crippen LogP contribution < -0.4 is 16.4 Å². The Bertz CT molecular complexity index is 1430. The van der Waals surface area contributed by atoms with Crippen LogP contribution in [0.25, 0.3) is 0 Å². The molecule has 3 amide bonds. The predicted molar refractivity (Wildman–Crippen MR) is 286 cm³/mol. The van der Waals surface area contributed by atoms with Crippen molar-refractivity contribution in [3.8, 4) is 0 Å². The third-order valence-corrected chi connectivity index (χ3v) is 18.3. The van der Waals surface area contributed by atoms with Crippen molar-refractivity contribution >= 4 is 17.9 Å². The summed E-state index contributed by atoms with van der Waals surface area (Å²) in [7, 11) is 0. The molecule has 0 spiro atoms. The molecule has 0 aromatic carbocycles. The fourth-order valence-electron chi connectivity index (χ4n) is 14.1. The van der Waals surface area contributed by atoms with Crippen molar-refractivity contribution in [3.63, 3.8) is 0 Å². The van der Waals surface area contributed by atoms with Gasteiger partial charge in [0, 0.05) is 32.5 Å². The summed E-state index contributed by atoms with van der Waals surface area (Å²) in [6, 6.07) is 0. The van der Waals surface area contributed by atoms with E-state index in [1.165, 1.54) is 135 Å². The molecule has 0 saturated heterocycles. The Morgan fingerprint density at radius 2 is 1.29 bits per heavy atom. The topological polar surface area (TPSA) is 114 Å². The normalized spacial score (nSPS) is 25.8. The van der Waals surface area contributed by atoms with E-state index >= 15 is 0 Å². The number of ether oxygens (including phenoxy) is 1. The minimum atomic E-state index is -0.276. The van der Waals surface area contributed by atoms with Crippen LogP contribution in [-0.4, -0.2) is 61.6 Å². The van der Waals surface area contributed by atoms with Gasteiger partial charge in [-0.15, -0.1) is 0 Å². The number of hydrogen-bond donors (Lipinski definition) is 3. The Kier molecular flexibility index (Phi) is 28.2. The summed E-state index contributed by atoms with van der Waals surface area (Å²) in [6.07, 6.45) is 44.1. The van der Waals surface area contributed by atoms with E-state index in [4.69, 9.17) is 10.5 Å². The van der Waals surface area contributed by atoms with Crippen molar-refractivity contribution in [2.24, 2.45) is 52.1 Å². The fraction of sp³-hybridized carbons (Fsp3) is 0.917. The summed E-state index contributed by atoms with van der Waals surface area (Å²) in [5, 5.41) is 6.11. The first-order valence-electron chi connectivity index (χ1n) is 29.8. The lowest BCUT2D eigenvalue weighted by molar-refractivity contribution is -0.136. The van der Waals surface area contributed by atoms with E-state index in [0.717, 1.165) is 119 Å². The zero-order valence-corrected chi connectivity index (χ0v) is 45.6. The molecule has 0 aromatic heterocycles. The number of nitrogens with zero attached hydrogens (tertiary/aromatic N) is 1. The molecule has 0 heterocycles. The molecular formula is C60H110N4O4. The van der Waals surface area contributed by atoms with Crippen LogP contribution in [0, 0.1) is 46.3 Å². The Labute approximate surface area is 419 Å². The number of unbranched alkanes of at least 4 members (excludes halogenated alkanes) is 20. The van der Waals surface area contributed by atoms with Gasteiger partial charge in [-0.1, -0.05) is 188 Å². The van der Waals surface area contributed by atoms with E-state index in [1.807, 2.05) is 0 Å². The molecule has 8 atom stereocenters. The van der Waals surface area contributed by atoms with Gasteiger partial charge in [-0.25, -0.2) is 4.79 Å².